The molecule has 5 rings (SSSR count). The molecule has 0 radical (unpaired) electrons. The predicted octanol–water partition coefficient (Wildman–Crippen LogP) is 6.21. The summed E-state index contributed by atoms with van der Waals surface area (Å²) in [6, 6.07) is 10.1. The van der Waals surface area contributed by atoms with E-state index in [9.17, 15) is 10.1 Å². The number of fused-ring (bicyclic) bond motifs is 2. The van der Waals surface area contributed by atoms with Crippen LogP contribution in [0.2, 0.25) is 0 Å². The number of rotatable bonds is 5. The Morgan fingerprint density at radius 3 is 2.83 bits per heavy atom. The van der Waals surface area contributed by atoms with Crippen LogP contribution in [0.3, 0.4) is 0 Å². The predicted molar refractivity (Wildman–Crippen MR) is 145 cm³/mol. The van der Waals surface area contributed by atoms with Crippen molar-refractivity contribution >= 4 is 44.4 Å². The average molecular weight is 549 g/mol. The molecule has 6 nitrogen and oxygen atoms in total. The Kier molecular flexibility index (Phi) is 6.47. The average Bonchev–Trinajstić information content (AvgIpc) is 3.35. The van der Waals surface area contributed by atoms with Gasteiger partial charge in [-0.1, -0.05) is 22.9 Å². The Balaban J connectivity index is 1.61. The normalized spacial score (nSPS) is 13.5. The fourth-order valence-corrected chi connectivity index (χ4v) is 6.69. The summed E-state index contributed by atoms with van der Waals surface area (Å²) in [6.07, 6.45) is 7.62. The largest absolute Gasteiger partial charge is 0.308 e. The lowest BCUT2D eigenvalue weighted by Gasteiger charge is -2.10. The van der Waals surface area contributed by atoms with Gasteiger partial charge in [0.25, 0.3) is 5.56 Å². The van der Waals surface area contributed by atoms with Crippen LogP contribution >= 0.6 is 27.3 Å². The van der Waals surface area contributed by atoms with E-state index in [0.717, 1.165) is 57.7 Å². The molecular weight excluding hydrogens is 522 g/mol. The first-order valence-electron chi connectivity index (χ1n) is 11.9. The molecule has 1 aliphatic carbocycles. The lowest BCUT2D eigenvalue weighted by molar-refractivity contribution is 0.695. The van der Waals surface area contributed by atoms with Gasteiger partial charge in [0.1, 0.15) is 16.9 Å². The molecule has 0 saturated carbocycles. The van der Waals surface area contributed by atoms with Gasteiger partial charge in [0.15, 0.2) is 0 Å². The highest BCUT2D eigenvalue weighted by molar-refractivity contribution is 9.10. The van der Waals surface area contributed by atoms with E-state index in [1.54, 1.807) is 23.6 Å². The second kappa shape index (κ2) is 9.56. The maximum Gasteiger partial charge on any atom is 0.282 e. The lowest BCUT2D eigenvalue weighted by Crippen LogP contribution is -2.22. The van der Waals surface area contributed by atoms with Gasteiger partial charge in [0.05, 0.1) is 22.7 Å². The van der Waals surface area contributed by atoms with Crippen molar-refractivity contribution in [2.24, 2.45) is 5.10 Å². The van der Waals surface area contributed by atoms with Gasteiger partial charge in [0.2, 0.25) is 0 Å². The maximum atomic E-state index is 13.3. The summed E-state index contributed by atoms with van der Waals surface area (Å²) in [4.78, 5) is 19.4. The molecule has 0 saturated heterocycles. The molecule has 0 fully saturated rings. The van der Waals surface area contributed by atoms with Crippen LogP contribution in [0.25, 0.3) is 15.9 Å². The minimum absolute atomic E-state index is 0.178. The minimum atomic E-state index is -0.178. The molecule has 4 aromatic rings. The molecule has 3 aromatic heterocycles. The molecule has 0 spiro atoms. The summed E-state index contributed by atoms with van der Waals surface area (Å²) in [5.74, 6) is 0.648. The molecule has 0 N–H and O–H groups in total. The van der Waals surface area contributed by atoms with Gasteiger partial charge in [0, 0.05) is 32.7 Å². The Bertz CT molecular complexity index is 1580. The summed E-state index contributed by atoms with van der Waals surface area (Å²) < 4.78 is 4.42. The number of hydrogen-bond donors (Lipinski definition) is 0. The van der Waals surface area contributed by atoms with Gasteiger partial charge >= 0.3 is 0 Å². The van der Waals surface area contributed by atoms with Crippen LogP contribution in [0.1, 0.15) is 65.0 Å². The third kappa shape index (κ3) is 4.17. The van der Waals surface area contributed by atoms with Gasteiger partial charge in [-0.15, -0.1) is 11.3 Å². The van der Waals surface area contributed by atoms with E-state index in [0.29, 0.717) is 23.1 Å². The monoisotopic (exact) mass is 547 g/mol. The van der Waals surface area contributed by atoms with Crippen LogP contribution in [0.4, 0.5) is 0 Å². The zero-order valence-corrected chi connectivity index (χ0v) is 22.5. The van der Waals surface area contributed by atoms with E-state index in [1.807, 2.05) is 26.0 Å². The third-order valence-electron chi connectivity index (χ3n) is 6.60. The first-order chi connectivity index (χ1) is 16.9. The Hall–Kier alpha value is -3.02. The number of aromatic nitrogens is 3. The van der Waals surface area contributed by atoms with Crippen LogP contribution in [-0.4, -0.2) is 20.4 Å². The number of thiophene rings is 1. The number of nitrogens with zero attached hydrogens (tertiary/aromatic N) is 5. The highest BCUT2D eigenvalue weighted by Crippen LogP contribution is 2.38. The molecule has 1 aromatic carbocycles. The van der Waals surface area contributed by atoms with E-state index in [4.69, 9.17) is 4.98 Å². The smallest absolute Gasteiger partial charge is 0.282 e. The van der Waals surface area contributed by atoms with E-state index < -0.39 is 0 Å². The van der Waals surface area contributed by atoms with Crippen LogP contribution < -0.4 is 5.56 Å². The number of halogens is 1. The quantitative estimate of drug-likeness (QED) is 0.278. The topological polar surface area (TPSA) is 76.0 Å². The summed E-state index contributed by atoms with van der Waals surface area (Å²) in [5, 5.41) is 16.1. The van der Waals surface area contributed by atoms with E-state index >= 15 is 0 Å². The minimum Gasteiger partial charge on any atom is -0.308 e. The number of nitriles is 1. The fourth-order valence-electron chi connectivity index (χ4n) is 4.87. The van der Waals surface area contributed by atoms with Crippen molar-refractivity contribution in [2.75, 3.05) is 0 Å². The molecular formula is C27H26BrN5OS. The highest BCUT2D eigenvalue weighted by Gasteiger charge is 2.23. The number of aryl methyl sites for hydroxylation is 3. The Morgan fingerprint density at radius 1 is 1.26 bits per heavy atom. The van der Waals surface area contributed by atoms with Crippen LogP contribution in [0.5, 0.6) is 0 Å². The summed E-state index contributed by atoms with van der Waals surface area (Å²) in [5.41, 5.74) is 5.50. The third-order valence-corrected chi connectivity index (χ3v) is 8.37. The standard InChI is InChI=1S/C27H26BrN5OS/c1-4-7-25-31-23-11-10-19(28)13-21(23)26(34)33(25)30-15-18-12-16(2)32(17(18)3)27-22(14-29)20-8-5-6-9-24(20)35-27/h10-13,15H,4-9H2,1-3H3. The Labute approximate surface area is 216 Å². The van der Waals surface area contributed by atoms with Crippen molar-refractivity contribution in [3.05, 3.63) is 77.9 Å². The molecule has 0 atom stereocenters. The second-order valence-electron chi connectivity index (χ2n) is 8.97. The van der Waals surface area contributed by atoms with E-state index in [2.05, 4.69) is 44.7 Å². The molecule has 0 aliphatic heterocycles. The van der Waals surface area contributed by atoms with Crippen molar-refractivity contribution in [1.82, 2.24) is 14.2 Å². The molecule has 0 unspecified atom stereocenters. The highest BCUT2D eigenvalue weighted by atomic mass is 79.9. The number of benzene rings is 1. The van der Waals surface area contributed by atoms with Crippen molar-refractivity contribution < 1.29 is 0 Å². The molecule has 35 heavy (non-hydrogen) atoms. The first kappa shape index (κ1) is 23.7. The molecule has 3 heterocycles. The van der Waals surface area contributed by atoms with Crippen molar-refractivity contribution in [2.45, 2.75) is 59.3 Å². The lowest BCUT2D eigenvalue weighted by atomic mass is 9.96. The first-order valence-corrected chi connectivity index (χ1v) is 13.5. The maximum absolute atomic E-state index is 13.3. The van der Waals surface area contributed by atoms with E-state index in [-0.39, 0.29) is 5.56 Å². The molecule has 0 bridgehead atoms. The summed E-state index contributed by atoms with van der Waals surface area (Å²) >= 11 is 5.19. The molecule has 1 aliphatic rings. The van der Waals surface area contributed by atoms with Crippen LogP contribution in [0, 0.1) is 25.2 Å². The van der Waals surface area contributed by atoms with Crippen LogP contribution in [-0.2, 0) is 19.3 Å². The van der Waals surface area contributed by atoms with Gasteiger partial charge in [-0.3, -0.25) is 4.79 Å². The van der Waals surface area contributed by atoms with Gasteiger partial charge in [-0.05, 0) is 75.8 Å². The van der Waals surface area contributed by atoms with Crippen molar-refractivity contribution in [1.29, 1.82) is 5.26 Å². The zero-order chi connectivity index (χ0) is 24.7. The summed E-state index contributed by atoms with van der Waals surface area (Å²) in [6.45, 7) is 6.15. The molecule has 8 heteroatoms. The second-order valence-corrected chi connectivity index (χ2v) is 11.0. The summed E-state index contributed by atoms with van der Waals surface area (Å²) in [7, 11) is 0. The van der Waals surface area contributed by atoms with Crippen molar-refractivity contribution in [3.63, 3.8) is 0 Å². The van der Waals surface area contributed by atoms with E-state index in [1.165, 1.54) is 21.5 Å². The molecule has 178 valence electrons. The van der Waals surface area contributed by atoms with Crippen LogP contribution in [0.15, 0.2) is 38.6 Å². The van der Waals surface area contributed by atoms with Crippen molar-refractivity contribution in [3.8, 4) is 11.1 Å². The van der Waals surface area contributed by atoms with Gasteiger partial charge < -0.3 is 4.57 Å². The van der Waals surface area contributed by atoms with Gasteiger partial charge in [-0.25, -0.2) is 4.98 Å². The zero-order valence-electron chi connectivity index (χ0n) is 20.1. The van der Waals surface area contributed by atoms with Gasteiger partial charge in [-0.2, -0.15) is 15.0 Å². The Morgan fingerprint density at radius 2 is 2.06 bits per heavy atom. The fraction of sp³-hybridized carbons (Fsp3) is 0.333. The molecule has 0 amide bonds. The number of hydrogen-bond acceptors (Lipinski definition) is 5. The SMILES string of the molecule is CCCc1nc2ccc(Br)cc2c(=O)n1N=Cc1cc(C)n(-c2sc3c(c2C#N)CCCC3)c1C.